The maximum absolute atomic E-state index is 12.7. The van der Waals surface area contributed by atoms with E-state index < -0.39 is 49.5 Å². The maximum atomic E-state index is 12.7. The van der Waals surface area contributed by atoms with E-state index in [0.29, 0.717) is 6.42 Å². The van der Waals surface area contributed by atoms with Gasteiger partial charge in [0.1, 0.15) is 24.4 Å². The van der Waals surface area contributed by atoms with Crippen molar-refractivity contribution in [3.63, 3.8) is 0 Å². The summed E-state index contributed by atoms with van der Waals surface area (Å²) >= 11 is 0. The number of unbranched alkanes of at least 4 members (excludes halogenated alkanes) is 12. The van der Waals surface area contributed by atoms with Gasteiger partial charge in [-0.05, 0) is 13.3 Å². The van der Waals surface area contributed by atoms with Crippen molar-refractivity contribution in [1.29, 1.82) is 0 Å². The zero-order valence-electron chi connectivity index (χ0n) is 23.9. The van der Waals surface area contributed by atoms with Gasteiger partial charge in [-0.2, -0.15) is 0 Å². The van der Waals surface area contributed by atoms with Gasteiger partial charge in [0.25, 0.3) is 0 Å². The molecule has 0 aromatic heterocycles. The predicted octanol–water partition coefficient (Wildman–Crippen LogP) is 3.36. The second kappa shape index (κ2) is 21.7. The van der Waals surface area contributed by atoms with Gasteiger partial charge < -0.3 is 40.0 Å². The Morgan fingerprint density at radius 1 is 0.895 bits per heavy atom. The quantitative estimate of drug-likeness (QED) is 0.103. The molecular weight excluding hydrogens is 490 g/mol. The van der Waals surface area contributed by atoms with Crippen molar-refractivity contribution >= 4 is 5.91 Å². The molecule has 1 aliphatic rings. The lowest BCUT2D eigenvalue weighted by Crippen LogP contribution is -2.60. The summed E-state index contributed by atoms with van der Waals surface area (Å²) < 4.78 is 16.6. The van der Waals surface area contributed by atoms with E-state index in [1.807, 2.05) is 13.0 Å². The molecule has 0 radical (unpaired) electrons. The number of carbonyl (C=O) groups excluding carboxylic acids is 1. The molecular formula is C29H55NO8. The molecule has 9 nitrogen and oxygen atoms in total. The highest BCUT2D eigenvalue weighted by molar-refractivity contribution is 5.76. The van der Waals surface area contributed by atoms with Crippen molar-refractivity contribution in [2.24, 2.45) is 0 Å². The van der Waals surface area contributed by atoms with E-state index >= 15 is 0 Å². The van der Waals surface area contributed by atoms with Gasteiger partial charge in [0.2, 0.25) is 5.91 Å². The molecule has 38 heavy (non-hydrogen) atoms. The zero-order valence-corrected chi connectivity index (χ0v) is 23.9. The first-order valence-corrected chi connectivity index (χ1v) is 14.8. The molecule has 0 spiro atoms. The van der Waals surface area contributed by atoms with Gasteiger partial charge in [0.05, 0.1) is 25.4 Å². The van der Waals surface area contributed by atoms with E-state index in [1.54, 1.807) is 6.08 Å². The van der Waals surface area contributed by atoms with E-state index in [1.165, 1.54) is 71.3 Å². The van der Waals surface area contributed by atoms with Crippen molar-refractivity contribution in [2.75, 3.05) is 20.3 Å². The lowest BCUT2D eigenvalue weighted by molar-refractivity contribution is -0.302. The van der Waals surface area contributed by atoms with Crippen LogP contribution in [-0.2, 0) is 19.0 Å². The fraction of sp³-hybridized carbons (Fsp3) is 0.897. The van der Waals surface area contributed by atoms with E-state index in [9.17, 15) is 25.2 Å². The van der Waals surface area contributed by atoms with Crippen LogP contribution in [-0.4, -0.2) is 89.5 Å². The van der Waals surface area contributed by atoms with Crippen LogP contribution < -0.4 is 5.32 Å². The molecule has 0 saturated carbocycles. The lowest BCUT2D eigenvalue weighted by atomic mass is 9.99. The van der Waals surface area contributed by atoms with E-state index in [-0.39, 0.29) is 12.5 Å². The first-order chi connectivity index (χ1) is 18.4. The summed E-state index contributed by atoms with van der Waals surface area (Å²) in [5.74, 6) is -0.109. The van der Waals surface area contributed by atoms with Crippen LogP contribution in [0.25, 0.3) is 0 Å². The number of rotatable bonds is 22. The third kappa shape index (κ3) is 13.8. The Hall–Kier alpha value is -1.07. The number of carbonyl (C=O) groups is 1. The van der Waals surface area contributed by atoms with Crippen LogP contribution in [0.2, 0.25) is 0 Å². The second-order valence-electron chi connectivity index (χ2n) is 10.4. The molecule has 9 heteroatoms. The van der Waals surface area contributed by atoms with Gasteiger partial charge in [-0.3, -0.25) is 4.79 Å². The Balaban J connectivity index is 2.35. The number of hydrogen-bond acceptors (Lipinski definition) is 8. The number of hydrogen-bond donors (Lipinski definition) is 5. The van der Waals surface area contributed by atoms with E-state index in [2.05, 4.69) is 12.2 Å². The Labute approximate surface area is 229 Å². The molecule has 0 aromatic carbocycles. The van der Waals surface area contributed by atoms with E-state index in [0.717, 1.165) is 19.3 Å². The molecule has 1 rings (SSSR count). The number of nitrogens with one attached hydrogen (secondary N) is 1. The normalized spacial score (nSPS) is 25.5. The van der Waals surface area contributed by atoms with Crippen molar-refractivity contribution in [2.45, 2.75) is 147 Å². The minimum absolute atomic E-state index is 0.0596. The standard InChI is InChI=1S/C29H55NO8/c1-4-6-7-8-9-10-11-12-13-14-15-16-17-19-25(32)30-22(23(36-3)18-5-2)21-37-29-28(35)27(34)26(33)24(20-31)38-29/h5,18,22-24,26-29,31,33-35H,4,6-17,19-21H2,1-3H3,(H,30,32)/b18-5+/t22-,23-,24?,26+,27?,28-,29+/m0/s1. The van der Waals surface area contributed by atoms with Crippen LogP contribution in [0, 0.1) is 0 Å². The monoisotopic (exact) mass is 545 g/mol. The largest absolute Gasteiger partial charge is 0.394 e. The summed E-state index contributed by atoms with van der Waals surface area (Å²) in [6.45, 7) is 3.49. The molecule has 0 aliphatic carbocycles. The van der Waals surface area contributed by atoms with Gasteiger partial charge in [0.15, 0.2) is 6.29 Å². The van der Waals surface area contributed by atoms with Crippen LogP contribution in [0.3, 0.4) is 0 Å². The molecule has 224 valence electrons. The van der Waals surface area contributed by atoms with Crippen molar-refractivity contribution < 1.29 is 39.4 Å². The Kier molecular flexibility index (Phi) is 20.0. The number of allylic oxidation sites excluding steroid dienone is 1. The topological polar surface area (TPSA) is 138 Å². The van der Waals surface area contributed by atoms with Gasteiger partial charge in [-0.15, -0.1) is 0 Å². The molecule has 5 N–H and O–H groups in total. The van der Waals surface area contributed by atoms with Crippen molar-refractivity contribution in [1.82, 2.24) is 5.32 Å². The van der Waals surface area contributed by atoms with Crippen LogP contribution in [0.5, 0.6) is 0 Å². The third-order valence-electron chi connectivity index (χ3n) is 7.19. The number of ether oxygens (including phenoxy) is 3. The lowest BCUT2D eigenvalue weighted by Gasteiger charge is -2.40. The highest BCUT2D eigenvalue weighted by Gasteiger charge is 2.44. The van der Waals surface area contributed by atoms with Gasteiger partial charge >= 0.3 is 0 Å². The molecule has 0 aromatic rings. The fourth-order valence-electron chi connectivity index (χ4n) is 4.77. The Morgan fingerprint density at radius 3 is 1.95 bits per heavy atom. The van der Waals surface area contributed by atoms with Gasteiger partial charge in [-0.1, -0.05) is 96.1 Å². The average molecular weight is 546 g/mol. The molecule has 2 unspecified atom stereocenters. The minimum atomic E-state index is -1.52. The molecule has 0 bridgehead atoms. The summed E-state index contributed by atoms with van der Waals surface area (Å²) in [5.41, 5.74) is 0. The van der Waals surface area contributed by atoms with Crippen LogP contribution in [0.1, 0.15) is 104 Å². The molecule has 1 heterocycles. The van der Waals surface area contributed by atoms with Gasteiger partial charge in [-0.25, -0.2) is 0 Å². The predicted molar refractivity (Wildman–Crippen MR) is 148 cm³/mol. The zero-order chi connectivity index (χ0) is 28.2. The second-order valence-corrected chi connectivity index (χ2v) is 10.4. The van der Waals surface area contributed by atoms with Gasteiger partial charge in [0, 0.05) is 13.5 Å². The summed E-state index contributed by atoms with van der Waals surface area (Å²) in [4.78, 5) is 12.7. The SMILES string of the molecule is C/C=C/[C@H](OC)[C@H](CO[C@@H]1OC(CO)[C@@H](O)C(O)[C@@H]1O)NC(=O)CCCCCCCCCCCCCCC. The summed E-state index contributed by atoms with van der Waals surface area (Å²) in [6.07, 6.45) is 12.9. The first kappa shape index (κ1) is 35.0. The molecule has 1 saturated heterocycles. The molecule has 1 amide bonds. The van der Waals surface area contributed by atoms with Crippen LogP contribution in [0.15, 0.2) is 12.2 Å². The number of methoxy groups -OCH3 is 1. The van der Waals surface area contributed by atoms with Crippen molar-refractivity contribution in [3.05, 3.63) is 12.2 Å². The molecule has 1 aliphatic heterocycles. The number of aliphatic hydroxyl groups excluding tert-OH is 4. The summed E-state index contributed by atoms with van der Waals surface area (Å²) in [7, 11) is 1.53. The van der Waals surface area contributed by atoms with Crippen LogP contribution >= 0.6 is 0 Å². The summed E-state index contributed by atoms with van der Waals surface area (Å²) in [5, 5.41) is 42.5. The smallest absolute Gasteiger partial charge is 0.220 e. The van der Waals surface area contributed by atoms with Crippen LogP contribution in [0.4, 0.5) is 0 Å². The first-order valence-electron chi connectivity index (χ1n) is 14.8. The average Bonchev–Trinajstić information content (AvgIpc) is 2.92. The number of aliphatic hydroxyl groups is 4. The highest BCUT2D eigenvalue weighted by Crippen LogP contribution is 2.22. The van der Waals surface area contributed by atoms with E-state index in [4.69, 9.17) is 14.2 Å². The molecule has 7 atom stereocenters. The third-order valence-corrected chi connectivity index (χ3v) is 7.19. The molecule has 1 fully saturated rings. The highest BCUT2D eigenvalue weighted by atomic mass is 16.7. The maximum Gasteiger partial charge on any atom is 0.220 e. The fourth-order valence-corrected chi connectivity index (χ4v) is 4.77. The Morgan fingerprint density at radius 2 is 1.45 bits per heavy atom. The Bertz CT molecular complexity index is 617. The summed E-state index contributed by atoms with van der Waals surface area (Å²) in [6, 6.07) is -0.557. The minimum Gasteiger partial charge on any atom is -0.394 e. The number of amides is 1. The van der Waals surface area contributed by atoms with Crippen molar-refractivity contribution in [3.8, 4) is 0 Å².